The van der Waals surface area contributed by atoms with Crippen molar-refractivity contribution in [2.24, 2.45) is 7.05 Å². The summed E-state index contributed by atoms with van der Waals surface area (Å²) in [4.78, 5) is 13.2. The summed E-state index contributed by atoms with van der Waals surface area (Å²) in [5.41, 5.74) is 3.39. The van der Waals surface area contributed by atoms with Gasteiger partial charge in [-0.2, -0.15) is 5.10 Å². The van der Waals surface area contributed by atoms with Gasteiger partial charge in [0.25, 0.3) is 5.92 Å². The lowest BCUT2D eigenvalue weighted by Gasteiger charge is -2.13. The molecular weight excluding hydrogens is 402 g/mol. The number of anilines is 1. The molecule has 0 amide bonds. The SMILES string of the molecule is COc1cc(-c2cnn(C)c2)ccc1Cc1ncc2ccnc(NCC(C)(F)F)c2n1. The molecule has 4 aromatic rings. The molecule has 0 saturated carbocycles. The average molecular weight is 424 g/mol. The number of halogens is 2. The molecule has 4 rings (SSSR count). The first-order valence-corrected chi connectivity index (χ1v) is 9.71. The van der Waals surface area contributed by atoms with Crippen LogP contribution in [-0.4, -0.2) is 44.3 Å². The highest BCUT2D eigenvalue weighted by Crippen LogP contribution is 2.29. The summed E-state index contributed by atoms with van der Waals surface area (Å²) >= 11 is 0. The Morgan fingerprint density at radius 1 is 1.13 bits per heavy atom. The van der Waals surface area contributed by atoms with Gasteiger partial charge in [0.05, 0.1) is 19.9 Å². The number of hydrogen-bond donors (Lipinski definition) is 1. The fraction of sp³-hybridized carbons (Fsp3) is 0.273. The van der Waals surface area contributed by atoms with Crippen molar-refractivity contribution in [3.63, 3.8) is 0 Å². The predicted octanol–water partition coefficient (Wildman–Crippen LogP) is 4.09. The summed E-state index contributed by atoms with van der Waals surface area (Å²) in [7, 11) is 3.48. The van der Waals surface area contributed by atoms with Crippen molar-refractivity contribution in [2.45, 2.75) is 19.3 Å². The summed E-state index contributed by atoms with van der Waals surface area (Å²) in [6, 6.07) is 7.66. The maximum Gasteiger partial charge on any atom is 0.262 e. The summed E-state index contributed by atoms with van der Waals surface area (Å²) in [5.74, 6) is -1.30. The van der Waals surface area contributed by atoms with Crippen molar-refractivity contribution in [1.29, 1.82) is 0 Å². The number of nitrogens with one attached hydrogen (secondary N) is 1. The van der Waals surface area contributed by atoms with Gasteiger partial charge in [-0.3, -0.25) is 4.68 Å². The normalized spacial score (nSPS) is 11.6. The third kappa shape index (κ3) is 4.76. The van der Waals surface area contributed by atoms with Gasteiger partial charge in [-0.25, -0.2) is 23.7 Å². The lowest BCUT2D eigenvalue weighted by Crippen LogP contribution is -2.23. The fourth-order valence-corrected chi connectivity index (χ4v) is 3.26. The number of ether oxygens (including phenoxy) is 1. The smallest absolute Gasteiger partial charge is 0.262 e. The Morgan fingerprint density at radius 2 is 1.97 bits per heavy atom. The van der Waals surface area contributed by atoms with Crippen LogP contribution < -0.4 is 10.1 Å². The maximum atomic E-state index is 13.3. The summed E-state index contributed by atoms with van der Waals surface area (Å²) in [5, 5.41) is 7.61. The number of alkyl halides is 2. The van der Waals surface area contributed by atoms with Crippen molar-refractivity contribution >= 4 is 16.7 Å². The Balaban J connectivity index is 1.63. The van der Waals surface area contributed by atoms with Gasteiger partial charge in [0.2, 0.25) is 0 Å². The number of aryl methyl sites for hydroxylation is 1. The van der Waals surface area contributed by atoms with Crippen LogP contribution >= 0.6 is 0 Å². The minimum Gasteiger partial charge on any atom is -0.496 e. The van der Waals surface area contributed by atoms with Crippen LogP contribution in [0.3, 0.4) is 0 Å². The predicted molar refractivity (Wildman–Crippen MR) is 114 cm³/mol. The van der Waals surface area contributed by atoms with Gasteiger partial charge in [-0.15, -0.1) is 0 Å². The molecule has 0 aliphatic rings. The Bertz CT molecular complexity index is 1220. The van der Waals surface area contributed by atoms with Crippen LogP contribution in [0.2, 0.25) is 0 Å². The van der Waals surface area contributed by atoms with Gasteiger partial charge in [0.1, 0.15) is 17.1 Å². The molecule has 0 bridgehead atoms. The summed E-state index contributed by atoms with van der Waals surface area (Å²) in [6.07, 6.45) is 7.36. The number of rotatable bonds is 7. The highest BCUT2D eigenvalue weighted by molar-refractivity contribution is 5.87. The number of pyridine rings is 1. The van der Waals surface area contributed by atoms with E-state index in [0.29, 0.717) is 29.3 Å². The van der Waals surface area contributed by atoms with Gasteiger partial charge in [0, 0.05) is 55.5 Å². The molecule has 9 heteroatoms. The van der Waals surface area contributed by atoms with Crippen molar-refractivity contribution in [3.05, 3.63) is 60.4 Å². The Morgan fingerprint density at radius 3 is 2.68 bits per heavy atom. The quantitative estimate of drug-likeness (QED) is 0.482. The zero-order valence-corrected chi connectivity index (χ0v) is 17.4. The molecule has 0 aliphatic carbocycles. The largest absolute Gasteiger partial charge is 0.496 e. The fourth-order valence-electron chi connectivity index (χ4n) is 3.26. The van der Waals surface area contributed by atoms with Crippen LogP contribution in [0.4, 0.5) is 14.6 Å². The van der Waals surface area contributed by atoms with E-state index in [1.54, 1.807) is 36.4 Å². The van der Waals surface area contributed by atoms with Crippen LogP contribution in [0, 0.1) is 0 Å². The molecule has 0 radical (unpaired) electrons. The second-order valence-corrected chi connectivity index (χ2v) is 7.41. The number of aromatic nitrogens is 5. The summed E-state index contributed by atoms with van der Waals surface area (Å²) in [6.45, 7) is 0.328. The minimum atomic E-state index is -2.86. The molecule has 0 spiro atoms. The molecule has 1 aromatic carbocycles. The van der Waals surface area contributed by atoms with E-state index in [-0.39, 0.29) is 0 Å². The topological polar surface area (TPSA) is 77.8 Å². The average Bonchev–Trinajstić information content (AvgIpc) is 3.18. The number of hydrogen-bond acceptors (Lipinski definition) is 6. The van der Waals surface area contributed by atoms with Crippen molar-refractivity contribution < 1.29 is 13.5 Å². The number of fused-ring (bicyclic) bond motifs is 1. The molecule has 1 N–H and O–H groups in total. The monoisotopic (exact) mass is 424 g/mol. The third-order valence-electron chi connectivity index (χ3n) is 4.79. The van der Waals surface area contributed by atoms with E-state index in [1.807, 2.05) is 31.4 Å². The third-order valence-corrected chi connectivity index (χ3v) is 4.79. The molecule has 160 valence electrons. The lowest BCUT2D eigenvalue weighted by atomic mass is 10.0. The van der Waals surface area contributed by atoms with Gasteiger partial charge < -0.3 is 10.1 Å². The number of nitrogens with zero attached hydrogens (tertiary/aromatic N) is 5. The van der Waals surface area contributed by atoms with Crippen molar-refractivity contribution in [2.75, 3.05) is 19.0 Å². The molecule has 31 heavy (non-hydrogen) atoms. The van der Waals surface area contributed by atoms with E-state index in [4.69, 9.17) is 4.74 Å². The summed E-state index contributed by atoms with van der Waals surface area (Å²) < 4.78 is 33.9. The standard InChI is InChI=1S/C22H22F2N6O/c1-22(23,24)13-27-21-20-16(6-7-25-21)10-26-19(29-20)9-15-5-4-14(8-18(15)31-3)17-11-28-30(2)12-17/h4-8,10-12H,9,13H2,1-3H3,(H,25,27). The van der Waals surface area contributed by atoms with Crippen molar-refractivity contribution in [3.8, 4) is 16.9 Å². The van der Waals surface area contributed by atoms with E-state index in [1.165, 1.54) is 0 Å². The van der Waals surface area contributed by atoms with E-state index in [9.17, 15) is 8.78 Å². The van der Waals surface area contributed by atoms with Crippen LogP contribution in [0.5, 0.6) is 5.75 Å². The van der Waals surface area contributed by atoms with Crippen LogP contribution in [0.15, 0.2) is 49.1 Å². The first-order chi connectivity index (χ1) is 14.8. The lowest BCUT2D eigenvalue weighted by molar-refractivity contribution is 0.0367. The first kappa shape index (κ1) is 20.6. The van der Waals surface area contributed by atoms with Gasteiger partial charge in [-0.05, 0) is 17.7 Å². The molecule has 0 fully saturated rings. The Labute approximate surface area is 178 Å². The van der Waals surface area contributed by atoms with E-state index < -0.39 is 12.5 Å². The second-order valence-electron chi connectivity index (χ2n) is 7.41. The molecule has 0 aliphatic heterocycles. The van der Waals surface area contributed by atoms with Gasteiger partial charge in [-0.1, -0.05) is 12.1 Å². The zero-order chi connectivity index (χ0) is 22.0. The van der Waals surface area contributed by atoms with E-state index in [0.717, 1.165) is 29.0 Å². The van der Waals surface area contributed by atoms with Gasteiger partial charge >= 0.3 is 0 Å². The second kappa shape index (κ2) is 8.25. The highest BCUT2D eigenvalue weighted by Gasteiger charge is 2.21. The molecular formula is C22H22F2N6O. The molecule has 7 nitrogen and oxygen atoms in total. The van der Waals surface area contributed by atoms with E-state index >= 15 is 0 Å². The Hall–Kier alpha value is -3.62. The Kier molecular flexibility index (Phi) is 5.50. The minimum absolute atomic E-state index is 0.307. The first-order valence-electron chi connectivity index (χ1n) is 9.71. The zero-order valence-electron chi connectivity index (χ0n) is 17.4. The molecule has 3 aromatic heterocycles. The van der Waals surface area contributed by atoms with Crippen LogP contribution in [-0.2, 0) is 13.5 Å². The van der Waals surface area contributed by atoms with Gasteiger partial charge in [0.15, 0.2) is 5.82 Å². The molecule has 0 unspecified atom stereocenters. The highest BCUT2D eigenvalue weighted by atomic mass is 19.3. The number of benzene rings is 1. The van der Waals surface area contributed by atoms with Crippen LogP contribution in [0.1, 0.15) is 18.3 Å². The molecule has 0 saturated heterocycles. The molecule has 3 heterocycles. The maximum absolute atomic E-state index is 13.3. The van der Waals surface area contributed by atoms with Crippen molar-refractivity contribution in [1.82, 2.24) is 24.7 Å². The van der Waals surface area contributed by atoms with Crippen LogP contribution in [0.25, 0.3) is 22.0 Å². The molecule has 0 atom stereocenters. The van der Waals surface area contributed by atoms with E-state index in [2.05, 4.69) is 25.4 Å². The number of methoxy groups -OCH3 is 1.